The van der Waals surface area contributed by atoms with Crippen molar-refractivity contribution in [2.75, 3.05) is 12.4 Å². The van der Waals surface area contributed by atoms with Crippen LogP contribution in [0.5, 0.6) is 0 Å². The Labute approximate surface area is 130 Å². The first kappa shape index (κ1) is 15.0. The van der Waals surface area contributed by atoms with Crippen molar-refractivity contribution in [1.82, 2.24) is 4.98 Å². The van der Waals surface area contributed by atoms with E-state index >= 15 is 0 Å². The first-order chi connectivity index (χ1) is 9.51. The number of aromatic nitrogens is 1. The van der Waals surface area contributed by atoms with Gasteiger partial charge in [0.25, 0.3) is 0 Å². The van der Waals surface area contributed by atoms with Crippen LogP contribution in [-0.4, -0.2) is 18.1 Å². The zero-order valence-electron chi connectivity index (χ0n) is 11.4. The van der Waals surface area contributed by atoms with Gasteiger partial charge in [0.2, 0.25) is 0 Å². The smallest absolute Gasteiger partial charge is 0.357 e. The number of nitrogens with one attached hydrogen (secondary N) is 1. The highest BCUT2D eigenvalue weighted by molar-refractivity contribution is 9.10. The second-order valence-electron chi connectivity index (χ2n) is 4.34. The minimum Gasteiger partial charge on any atom is -0.464 e. The lowest BCUT2D eigenvalue weighted by molar-refractivity contribution is 0.0594. The second kappa shape index (κ2) is 6.37. The van der Waals surface area contributed by atoms with Crippen molar-refractivity contribution in [2.24, 2.45) is 0 Å². The number of rotatable bonds is 4. The molecule has 20 heavy (non-hydrogen) atoms. The Balaban J connectivity index is 2.16. The van der Waals surface area contributed by atoms with Crippen LogP contribution < -0.4 is 5.32 Å². The highest BCUT2D eigenvalue weighted by Gasteiger charge is 2.17. The van der Waals surface area contributed by atoms with Gasteiger partial charge in [0.05, 0.1) is 13.2 Å². The lowest BCUT2D eigenvalue weighted by Crippen LogP contribution is -2.07. The Morgan fingerprint density at radius 2 is 2.25 bits per heavy atom. The van der Waals surface area contributed by atoms with Crippen molar-refractivity contribution in [3.63, 3.8) is 0 Å². The largest absolute Gasteiger partial charge is 0.464 e. The number of anilines is 1. The molecule has 1 aromatic heterocycles. The van der Waals surface area contributed by atoms with Crippen molar-refractivity contribution in [3.8, 4) is 0 Å². The molecule has 0 saturated carbocycles. The summed E-state index contributed by atoms with van der Waals surface area (Å²) in [5, 5.41) is 4.02. The summed E-state index contributed by atoms with van der Waals surface area (Å²) in [7, 11) is 1.36. The van der Waals surface area contributed by atoms with E-state index in [0.29, 0.717) is 5.69 Å². The molecule has 1 atom stereocenters. The zero-order valence-corrected chi connectivity index (χ0v) is 13.8. The van der Waals surface area contributed by atoms with Crippen molar-refractivity contribution < 1.29 is 9.53 Å². The van der Waals surface area contributed by atoms with E-state index in [0.717, 1.165) is 20.0 Å². The molecule has 2 rings (SSSR count). The Bertz CT molecular complexity index is 627. The van der Waals surface area contributed by atoms with E-state index in [9.17, 15) is 4.79 Å². The van der Waals surface area contributed by atoms with E-state index in [1.807, 2.05) is 25.1 Å². The van der Waals surface area contributed by atoms with E-state index < -0.39 is 5.97 Å². The van der Waals surface area contributed by atoms with E-state index in [4.69, 9.17) is 4.74 Å². The molecule has 0 aliphatic carbocycles. The van der Waals surface area contributed by atoms with Crippen LogP contribution in [0.15, 0.2) is 28.7 Å². The molecular weight excluding hydrogens is 340 g/mol. The van der Waals surface area contributed by atoms with Gasteiger partial charge >= 0.3 is 5.97 Å². The van der Waals surface area contributed by atoms with Crippen LogP contribution in [-0.2, 0) is 4.74 Å². The number of hydrogen-bond donors (Lipinski definition) is 1. The number of carbonyl (C=O) groups excluding carboxylic acids is 1. The van der Waals surface area contributed by atoms with Crippen molar-refractivity contribution in [2.45, 2.75) is 19.9 Å². The maximum absolute atomic E-state index is 11.5. The molecule has 0 fully saturated rings. The van der Waals surface area contributed by atoms with Crippen molar-refractivity contribution in [1.29, 1.82) is 0 Å². The van der Waals surface area contributed by atoms with Gasteiger partial charge in [-0.15, -0.1) is 11.3 Å². The van der Waals surface area contributed by atoms with Crippen LogP contribution in [0.4, 0.5) is 5.13 Å². The van der Waals surface area contributed by atoms with Crippen LogP contribution in [0.1, 0.15) is 33.9 Å². The number of methoxy groups -OCH3 is 1. The number of halogens is 1. The predicted molar refractivity (Wildman–Crippen MR) is 84.4 cm³/mol. The average Bonchev–Trinajstić information content (AvgIpc) is 2.78. The van der Waals surface area contributed by atoms with E-state index in [1.54, 1.807) is 0 Å². The number of esters is 1. The molecule has 1 heterocycles. The normalized spacial score (nSPS) is 12.0. The molecule has 0 saturated heterocycles. The van der Waals surface area contributed by atoms with Crippen LogP contribution in [0.3, 0.4) is 0 Å². The summed E-state index contributed by atoms with van der Waals surface area (Å²) in [5.41, 5.74) is 1.52. The Morgan fingerprint density at radius 3 is 2.90 bits per heavy atom. The molecule has 1 unspecified atom stereocenters. The van der Waals surface area contributed by atoms with Gasteiger partial charge in [-0.1, -0.05) is 28.1 Å². The van der Waals surface area contributed by atoms with Gasteiger partial charge in [0, 0.05) is 9.35 Å². The molecule has 106 valence electrons. The third-order valence-corrected chi connectivity index (χ3v) is 4.26. The molecule has 0 amide bonds. The number of benzene rings is 1. The summed E-state index contributed by atoms with van der Waals surface area (Å²) in [5.74, 6) is -0.401. The number of carbonyl (C=O) groups is 1. The number of ether oxygens (including phenoxy) is 1. The van der Waals surface area contributed by atoms with Crippen LogP contribution in [0.2, 0.25) is 0 Å². The zero-order chi connectivity index (χ0) is 14.7. The summed E-state index contributed by atoms with van der Waals surface area (Å²) >= 11 is 4.91. The van der Waals surface area contributed by atoms with Crippen molar-refractivity contribution >= 4 is 38.4 Å². The SMILES string of the molecule is COC(=O)c1nc(NC(C)c2cccc(Br)c2)sc1C. The van der Waals surface area contributed by atoms with Gasteiger partial charge in [0.1, 0.15) is 0 Å². The first-order valence-corrected chi connectivity index (χ1v) is 7.70. The molecule has 0 aliphatic rings. The van der Waals surface area contributed by atoms with E-state index in [-0.39, 0.29) is 6.04 Å². The molecule has 4 nitrogen and oxygen atoms in total. The fraction of sp³-hybridized carbons (Fsp3) is 0.286. The summed E-state index contributed by atoms with van der Waals surface area (Å²) < 4.78 is 5.74. The van der Waals surface area contributed by atoms with Gasteiger partial charge in [-0.3, -0.25) is 0 Å². The topological polar surface area (TPSA) is 51.2 Å². The third kappa shape index (κ3) is 3.37. The summed E-state index contributed by atoms with van der Waals surface area (Å²) in [6, 6.07) is 8.18. The minimum atomic E-state index is -0.401. The molecule has 0 radical (unpaired) electrons. The first-order valence-electron chi connectivity index (χ1n) is 6.09. The minimum absolute atomic E-state index is 0.101. The molecule has 1 aromatic carbocycles. The highest BCUT2D eigenvalue weighted by atomic mass is 79.9. The number of hydrogen-bond acceptors (Lipinski definition) is 5. The Hall–Kier alpha value is -1.40. The fourth-order valence-electron chi connectivity index (χ4n) is 1.79. The fourth-order valence-corrected chi connectivity index (χ4v) is 3.09. The molecule has 0 aliphatic heterocycles. The molecule has 0 bridgehead atoms. The molecular formula is C14H15BrN2O2S. The Kier molecular flexibility index (Phi) is 4.77. The lowest BCUT2D eigenvalue weighted by Gasteiger charge is -2.13. The van der Waals surface area contributed by atoms with Gasteiger partial charge < -0.3 is 10.1 Å². The predicted octanol–water partition coefficient (Wildman–Crippen LogP) is 4.17. The molecule has 2 aromatic rings. The van der Waals surface area contributed by atoms with Crippen LogP contribution >= 0.6 is 27.3 Å². The van der Waals surface area contributed by atoms with Crippen molar-refractivity contribution in [3.05, 3.63) is 44.9 Å². The van der Waals surface area contributed by atoms with Gasteiger partial charge in [-0.05, 0) is 31.5 Å². The summed E-state index contributed by atoms with van der Waals surface area (Å²) in [4.78, 5) is 16.7. The van der Waals surface area contributed by atoms with Crippen LogP contribution in [0.25, 0.3) is 0 Å². The molecule has 6 heteroatoms. The lowest BCUT2D eigenvalue weighted by atomic mass is 10.1. The van der Waals surface area contributed by atoms with Gasteiger partial charge in [-0.2, -0.15) is 0 Å². The monoisotopic (exact) mass is 354 g/mol. The van der Waals surface area contributed by atoms with E-state index in [1.165, 1.54) is 18.4 Å². The van der Waals surface area contributed by atoms with Gasteiger partial charge in [0.15, 0.2) is 10.8 Å². The molecule has 0 spiro atoms. The number of nitrogens with zero attached hydrogens (tertiary/aromatic N) is 1. The maximum Gasteiger partial charge on any atom is 0.357 e. The standard InChI is InChI=1S/C14H15BrN2O2S/c1-8(10-5-4-6-11(15)7-10)16-14-17-12(9(2)20-14)13(18)19-3/h4-8H,1-3H3,(H,16,17). The Morgan fingerprint density at radius 1 is 1.50 bits per heavy atom. The second-order valence-corrected chi connectivity index (χ2v) is 6.46. The van der Waals surface area contributed by atoms with Gasteiger partial charge in [-0.25, -0.2) is 9.78 Å². The molecule has 1 N–H and O–H groups in total. The quantitative estimate of drug-likeness (QED) is 0.837. The average molecular weight is 355 g/mol. The highest BCUT2D eigenvalue weighted by Crippen LogP contribution is 2.27. The maximum atomic E-state index is 11.5. The summed E-state index contributed by atoms with van der Waals surface area (Å²) in [6.07, 6.45) is 0. The summed E-state index contributed by atoms with van der Waals surface area (Å²) in [6.45, 7) is 3.91. The number of aryl methyl sites for hydroxylation is 1. The number of thiazole rings is 1. The van der Waals surface area contributed by atoms with E-state index in [2.05, 4.69) is 39.2 Å². The third-order valence-electron chi connectivity index (χ3n) is 2.86. The van der Waals surface area contributed by atoms with Crippen LogP contribution in [0, 0.1) is 6.92 Å².